The van der Waals surface area contributed by atoms with E-state index in [4.69, 9.17) is 0 Å². The van der Waals surface area contributed by atoms with Gasteiger partial charge in [0.25, 0.3) is 0 Å². The highest BCUT2D eigenvalue weighted by Gasteiger charge is 2.15. The van der Waals surface area contributed by atoms with Gasteiger partial charge in [-0.25, -0.2) is 4.79 Å². The number of hydrogen-bond acceptors (Lipinski definition) is 1. The Balaban J connectivity index is 2.17. The van der Waals surface area contributed by atoms with Crippen molar-refractivity contribution >= 4 is 17.4 Å². The highest BCUT2D eigenvalue weighted by atomic mass is 16.2. The molecule has 2 aromatic rings. The van der Waals surface area contributed by atoms with Crippen LogP contribution in [0.3, 0.4) is 0 Å². The summed E-state index contributed by atoms with van der Waals surface area (Å²) in [7, 11) is 0. The van der Waals surface area contributed by atoms with Gasteiger partial charge in [-0.15, -0.1) is 0 Å². The lowest BCUT2D eigenvalue weighted by atomic mass is 9.93. The summed E-state index contributed by atoms with van der Waals surface area (Å²) >= 11 is 0. The lowest BCUT2D eigenvalue weighted by Crippen LogP contribution is -2.21. The van der Waals surface area contributed by atoms with E-state index >= 15 is 0 Å². The van der Waals surface area contributed by atoms with E-state index in [2.05, 4.69) is 75.6 Å². The maximum Gasteiger partial charge on any atom is 0.323 e. The van der Waals surface area contributed by atoms with Gasteiger partial charge in [0.2, 0.25) is 0 Å². The molecule has 0 radical (unpaired) electrons. The standard InChI is InChI=1S/C22H30N2O/c1-6-8-17-11-13-18(14-12-17)23-22(25)24-21-19(15(2)3)9-7-10-20(21)16(4)5/h7,9-16H,6,8H2,1-5H3,(H2,23,24,25). The minimum absolute atomic E-state index is 0.196. The highest BCUT2D eigenvalue weighted by Crippen LogP contribution is 2.32. The third-order valence-corrected chi connectivity index (χ3v) is 4.36. The van der Waals surface area contributed by atoms with E-state index < -0.39 is 0 Å². The number of hydrogen-bond donors (Lipinski definition) is 2. The summed E-state index contributed by atoms with van der Waals surface area (Å²) < 4.78 is 0. The zero-order valence-corrected chi connectivity index (χ0v) is 16.0. The van der Waals surface area contributed by atoms with Crippen LogP contribution in [0.25, 0.3) is 0 Å². The number of carbonyl (C=O) groups is 1. The van der Waals surface area contributed by atoms with Crippen molar-refractivity contribution < 1.29 is 4.79 Å². The summed E-state index contributed by atoms with van der Waals surface area (Å²) in [6, 6.07) is 14.1. The first-order valence-corrected chi connectivity index (χ1v) is 9.22. The number of anilines is 2. The second-order valence-electron chi connectivity index (χ2n) is 7.15. The third kappa shape index (κ3) is 5.09. The van der Waals surface area contributed by atoms with Gasteiger partial charge in [0.15, 0.2) is 0 Å². The first-order chi connectivity index (χ1) is 11.9. The molecule has 0 unspecified atom stereocenters. The molecule has 3 nitrogen and oxygen atoms in total. The molecule has 0 aliphatic carbocycles. The molecule has 0 spiro atoms. The molecule has 3 heteroatoms. The van der Waals surface area contributed by atoms with Crippen molar-refractivity contribution in [3.05, 3.63) is 59.2 Å². The molecule has 0 aliphatic rings. The van der Waals surface area contributed by atoms with Crippen molar-refractivity contribution in [3.63, 3.8) is 0 Å². The molecule has 134 valence electrons. The Morgan fingerprint density at radius 2 is 1.44 bits per heavy atom. The lowest BCUT2D eigenvalue weighted by molar-refractivity contribution is 0.262. The molecule has 0 fully saturated rings. The van der Waals surface area contributed by atoms with Crippen molar-refractivity contribution in [2.24, 2.45) is 0 Å². The van der Waals surface area contributed by atoms with Crippen LogP contribution in [0.5, 0.6) is 0 Å². The quantitative estimate of drug-likeness (QED) is 0.617. The number of aryl methyl sites for hydroxylation is 1. The molecule has 0 heterocycles. The lowest BCUT2D eigenvalue weighted by Gasteiger charge is -2.20. The second kappa shape index (κ2) is 8.70. The minimum Gasteiger partial charge on any atom is -0.308 e. The molecule has 0 aromatic heterocycles. The van der Waals surface area contributed by atoms with Crippen LogP contribution in [-0.2, 0) is 6.42 Å². The van der Waals surface area contributed by atoms with E-state index in [0.29, 0.717) is 11.8 Å². The van der Waals surface area contributed by atoms with Crippen LogP contribution in [0.2, 0.25) is 0 Å². The van der Waals surface area contributed by atoms with Gasteiger partial charge in [0.1, 0.15) is 0 Å². The Bertz CT molecular complexity index is 676. The fourth-order valence-corrected chi connectivity index (χ4v) is 3.01. The maximum atomic E-state index is 12.5. The minimum atomic E-state index is -0.196. The van der Waals surface area contributed by atoms with Gasteiger partial charge in [0.05, 0.1) is 0 Å². The predicted octanol–water partition coefficient (Wildman–Crippen LogP) is 6.53. The third-order valence-electron chi connectivity index (χ3n) is 4.36. The van der Waals surface area contributed by atoms with Crippen molar-refractivity contribution in [3.8, 4) is 0 Å². The van der Waals surface area contributed by atoms with E-state index in [1.165, 1.54) is 16.7 Å². The summed E-state index contributed by atoms with van der Waals surface area (Å²) in [6.45, 7) is 10.8. The van der Waals surface area contributed by atoms with E-state index in [0.717, 1.165) is 24.2 Å². The van der Waals surface area contributed by atoms with Gasteiger partial charge < -0.3 is 10.6 Å². The molecule has 2 aromatic carbocycles. The molecule has 0 atom stereocenters. The number of urea groups is 1. The number of nitrogens with one attached hydrogen (secondary N) is 2. The van der Waals surface area contributed by atoms with Crippen molar-refractivity contribution in [1.29, 1.82) is 0 Å². The van der Waals surface area contributed by atoms with E-state index in [1.54, 1.807) is 0 Å². The predicted molar refractivity (Wildman–Crippen MR) is 108 cm³/mol. The number of amides is 2. The van der Waals surface area contributed by atoms with E-state index in [9.17, 15) is 4.79 Å². The molecule has 0 saturated heterocycles. The Labute approximate surface area is 151 Å². The Kier molecular flexibility index (Phi) is 6.63. The van der Waals surface area contributed by atoms with Gasteiger partial charge in [-0.1, -0.05) is 71.4 Å². The molecule has 0 saturated carbocycles. The van der Waals surface area contributed by atoms with Gasteiger partial charge in [-0.05, 0) is 47.1 Å². The maximum absolute atomic E-state index is 12.5. The van der Waals surface area contributed by atoms with E-state index in [1.807, 2.05) is 12.1 Å². The molecule has 0 bridgehead atoms. The molecular formula is C22H30N2O. The molecule has 0 aliphatic heterocycles. The zero-order valence-electron chi connectivity index (χ0n) is 16.0. The SMILES string of the molecule is CCCc1ccc(NC(=O)Nc2c(C(C)C)cccc2C(C)C)cc1. The average molecular weight is 338 g/mol. The number of para-hydroxylation sites is 1. The fourth-order valence-electron chi connectivity index (χ4n) is 3.01. The van der Waals surface area contributed by atoms with Crippen molar-refractivity contribution in [2.75, 3.05) is 10.6 Å². The van der Waals surface area contributed by atoms with Gasteiger partial charge >= 0.3 is 6.03 Å². The summed E-state index contributed by atoms with van der Waals surface area (Å²) in [4.78, 5) is 12.5. The number of rotatable bonds is 6. The first-order valence-electron chi connectivity index (χ1n) is 9.22. The molecule has 25 heavy (non-hydrogen) atoms. The average Bonchev–Trinajstić information content (AvgIpc) is 2.56. The normalized spacial score (nSPS) is 11.0. The molecular weight excluding hydrogens is 308 g/mol. The first kappa shape index (κ1) is 19.0. The van der Waals surface area contributed by atoms with Crippen LogP contribution in [0.4, 0.5) is 16.2 Å². The van der Waals surface area contributed by atoms with Crippen LogP contribution in [0.1, 0.15) is 69.6 Å². The van der Waals surface area contributed by atoms with Crippen LogP contribution >= 0.6 is 0 Å². The van der Waals surface area contributed by atoms with Crippen LogP contribution in [0.15, 0.2) is 42.5 Å². The van der Waals surface area contributed by atoms with E-state index in [-0.39, 0.29) is 6.03 Å². The zero-order chi connectivity index (χ0) is 18.4. The summed E-state index contributed by atoms with van der Waals surface area (Å²) in [5.41, 5.74) is 5.37. The topological polar surface area (TPSA) is 41.1 Å². The highest BCUT2D eigenvalue weighted by molar-refractivity contribution is 6.00. The summed E-state index contributed by atoms with van der Waals surface area (Å²) in [6.07, 6.45) is 2.18. The molecule has 2 amide bonds. The molecule has 2 rings (SSSR count). The fraction of sp³-hybridized carbons (Fsp3) is 0.409. The largest absolute Gasteiger partial charge is 0.323 e. The van der Waals surface area contributed by atoms with Crippen molar-refractivity contribution in [1.82, 2.24) is 0 Å². The van der Waals surface area contributed by atoms with Crippen LogP contribution < -0.4 is 10.6 Å². The number of benzene rings is 2. The van der Waals surface area contributed by atoms with Gasteiger partial charge in [-0.3, -0.25) is 0 Å². The summed E-state index contributed by atoms with van der Waals surface area (Å²) in [5.74, 6) is 0.699. The number of carbonyl (C=O) groups excluding carboxylic acids is 1. The van der Waals surface area contributed by atoms with Gasteiger partial charge in [0, 0.05) is 11.4 Å². The Morgan fingerprint density at radius 3 is 1.92 bits per heavy atom. The van der Waals surface area contributed by atoms with Crippen LogP contribution in [0, 0.1) is 0 Å². The second-order valence-corrected chi connectivity index (χ2v) is 7.15. The monoisotopic (exact) mass is 338 g/mol. The molecule has 2 N–H and O–H groups in total. The van der Waals surface area contributed by atoms with Crippen LogP contribution in [-0.4, -0.2) is 6.03 Å². The Morgan fingerprint density at radius 1 is 0.880 bits per heavy atom. The van der Waals surface area contributed by atoms with Crippen molar-refractivity contribution in [2.45, 2.75) is 59.3 Å². The van der Waals surface area contributed by atoms with Gasteiger partial charge in [-0.2, -0.15) is 0 Å². The summed E-state index contributed by atoms with van der Waals surface area (Å²) in [5, 5.41) is 6.02. The smallest absolute Gasteiger partial charge is 0.308 e. The Hall–Kier alpha value is -2.29.